The van der Waals surface area contributed by atoms with Crippen molar-refractivity contribution in [2.45, 2.75) is 19.9 Å². The van der Waals surface area contributed by atoms with Crippen molar-refractivity contribution in [2.24, 2.45) is 0 Å². The van der Waals surface area contributed by atoms with Crippen LogP contribution in [0.4, 0.5) is 17.1 Å². The SMILES string of the molecule is CC(C)N(c1ccccc1)c1ccc(NC(=O)COC(=O)c2ccc(-c3nc4ccccc4s3)s2)cc1. The Morgan fingerprint density at radius 3 is 2.30 bits per heavy atom. The Kier molecular flexibility index (Phi) is 7.30. The zero-order valence-corrected chi connectivity index (χ0v) is 22.0. The number of para-hydroxylation sites is 2. The van der Waals surface area contributed by atoms with Crippen LogP contribution in [0.2, 0.25) is 0 Å². The molecule has 186 valence electrons. The van der Waals surface area contributed by atoms with Gasteiger partial charge in [0.05, 0.1) is 15.1 Å². The molecule has 1 amide bonds. The molecule has 0 spiro atoms. The molecule has 5 rings (SSSR count). The van der Waals surface area contributed by atoms with Crippen LogP contribution in [-0.2, 0) is 9.53 Å². The van der Waals surface area contributed by atoms with Gasteiger partial charge in [-0.25, -0.2) is 9.78 Å². The minimum atomic E-state index is -0.529. The predicted molar refractivity (Wildman–Crippen MR) is 152 cm³/mol. The van der Waals surface area contributed by atoms with Crippen molar-refractivity contribution < 1.29 is 14.3 Å². The van der Waals surface area contributed by atoms with Crippen molar-refractivity contribution in [1.29, 1.82) is 0 Å². The quantitative estimate of drug-likeness (QED) is 0.213. The number of hydrogen-bond donors (Lipinski definition) is 1. The highest BCUT2D eigenvalue weighted by Crippen LogP contribution is 2.34. The number of hydrogen-bond acceptors (Lipinski definition) is 7. The third-order valence-corrected chi connectivity index (χ3v) is 7.90. The van der Waals surface area contributed by atoms with Gasteiger partial charge in [-0.1, -0.05) is 30.3 Å². The second-order valence-electron chi connectivity index (χ2n) is 8.62. The molecule has 0 fully saturated rings. The highest BCUT2D eigenvalue weighted by molar-refractivity contribution is 7.26. The lowest BCUT2D eigenvalue weighted by atomic mass is 10.2. The average Bonchev–Trinajstić information content (AvgIpc) is 3.56. The molecule has 1 N–H and O–H groups in total. The van der Waals surface area contributed by atoms with Crippen LogP contribution in [0.15, 0.2) is 91.0 Å². The van der Waals surface area contributed by atoms with Crippen LogP contribution in [0.3, 0.4) is 0 Å². The van der Waals surface area contributed by atoms with E-state index in [0.29, 0.717) is 10.6 Å². The van der Waals surface area contributed by atoms with E-state index in [1.54, 1.807) is 17.4 Å². The van der Waals surface area contributed by atoms with Crippen LogP contribution in [0.25, 0.3) is 20.1 Å². The Morgan fingerprint density at radius 2 is 1.57 bits per heavy atom. The predicted octanol–water partition coefficient (Wildman–Crippen LogP) is 7.37. The molecular formula is C29H25N3O3S2. The van der Waals surface area contributed by atoms with Crippen molar-refractivity contribution in [3.63, 3.8) is 0 Å². The summed E-state index contributed by atoms with van der Waals surface area (Å²) in [7, 11) is 0. The van der Waals surface area contributed by atoms with Gasteiger partial charge in [0.15, 0.2) is 6.61 Å². The van der Waals surface area contributed by atoms with Crippen molar-refractivity contribution in [1.82, 2.24) is 4.98 Å². The van der Waals surface area contributed by atoms with Gasteiger partial charge in [-0.3, -0.25) is 4.79 Å². The first-order chi connectivity index (χ1) is 18.0. The number of esters is 1. The highest BCUT2D eigenvalue weighted by Gasteiger charge is 2.16. The summed E-state index contributed by atoms with van der Waals surface area (Å²) in [6.45, 7) is 3.90. The smallest absolute Gasteiger partial charge is 0.348 e. The van der Waals surface area contributed by atoms with E-state index in [0.717, 1.165) is 31.5 Å². The lowest BCUT2D eigenvalue weighted by Gasteiger charge is -2.29. The van der Waals surface area contributed by atoms with Gasteiger partial charge in [-0.2, -0.15) is 0 Å². The monoisotopic (exact) mass is 527 g/mol. The van der Waals surface area contributed by atoms with Crippen LogP contribution in [-0.4, -0.2) is 29.5 Å². The number of amides is 1. The number of nitrogens with one attached hydrogen (secondary N) is 1. The summed E-state index contributed by atoms with van der Waals surface area (Å²) in [5, 5.41) is 3.65. The minimum Gasteiger partial charge on any atom is -0.451 e. The standard InChI is InChI=1S/C29H25N3O3S2/c1-19(2)32(21-8-4-3-5-9-21)22-14-12-20(13-15-22)30-27(33)18-35-29(34)26-17-16-25(36-26)28-31-23-10-6-7-11-24(23)37-28/h3-17,19H,18H2,1-2H3,(H,30,33). The van der Waals surface area contributed by atoms with Crippen LogP contribution >= 0.6 is 22.7 Å². The summed E-state index contributed by atoms with van der Waals surface area (Å²) < 4.78 is 6.35. The Balaban J connectivity index is 1.17. The number of anilines is 3. The summed E-state index contributed by atoms with van der Waals surface area (Å²) in [5.74, 6) is -0.925. The molecule has 0 aliphatic carbocycles. The van der Waals surface area contributed by atoms with Crippen molar-refractivity contribution >= 4 is 61.8 Å². The van der Waals surface area contributed by atoms with Gasteiger partial charge in [0.25, 0.3) is 5.91 Å². The number of ether oxygens (including phenoxy) is 1. The molecule has 0 bridgehead atoms. The van der Waals surface area contributed by atoms with E-state index in [4.69, 9.17) is 4.74 Å². The zero-order chi connectivity index (χ0) is 25.8. The summed E-state index contributed by atoms with van der Waals surface area (Å²) in [4.78, 5) is 33.1. The molecule has 8 heteroatoms. The number of benzene rings is 3. The first-order valence-electron chi connectivity index (χ1n) is 11.8. The first kappa shape index (κ1) is 24.7. The van der Waals surface area contributed by atoms with Gasteiger partial charge < -0.3 is 15.0 Å². The van der Waals surface area contributed by atoms with E-state index < -0.39 is 11.9 Å². The molecule has 0 atom stereocenters. The minimum absolute atomic E-state index is 0.259. The van der Waals surface area contributed by atoms with Gasteiger partial charge in [0, 0.05) is 23.1 Å². The number of carbonyl (C=O) groups excluding carboxylic acids is 2. The molecule has 37 heavy (non-hydrogen) atoms. The van der Waals surface area contributed by atoms with Crippen LogP contribution in [0.5, 0.6) is 0 Å². The average molecular weight is 528 g/mol. The van der Waals surface area contributed by atoms with Crippen LogP contribution in [0.1, 0.15) is 23.5 Å². The second kappa shape index (κ2) is 10.9. The molecule has 2 heterocycles. The summed E-state index contributed by atoms with van der Waals surface area (Å²) >= 11 is 2.88. The maximum atomic E-state index is 12.5. The Morgan fingerprint density at radius 1 is 0.865 bits per heavy atom. The van der Waals surface area contributed by atoms with Gasteiger partial charge in [0.1, 0.15) is 9.88 Å². The number of aromatic nitrogens is 1. The van der Waals surface area contributed by atoms with E-state index in [1.807, 2.05) is 72.8 Å². The van der Waals surface area contributed by atoms with E-state index in [-0.39, 0.29) is 12.6 Å². The number of thiazole rings is 1. The van der Waals surface area contributed by atoms with Crippen molar-refractivity contribution in [2.75, 3.05) is 16.8 Å². The summed E-state index contributed by atoms with van der Waals surface area (Å²) in [5.41, 5.74) is 3.69. The molecule has 0 saturated heterocycles. The number of fused-ring (bicyclic) bond motifs is 1. The number of rotatable bonds is 8. The summed E-state index contributed by atoms with van der Waals surface area (Å²) in [6.07, 6.45) is 0. The normalized spacial score (nSPS) is 11.0. The Labute approximate surface area is 223 Å². The maximum absolute atomic E-state index is 12.5. The molecule has 0 saturated carbocycles. The van der Waals surface area contributed by atoms with Gasteiger partial charge in [-0.15, -0.1) is 22.7 Å². The van der Waals surface area contributed by atoms with E-state index in [1.165, 1.54) is 11.3 Å². The fraction of sp³-hybridized carbons (Fsp3) is 0.138. The van der Waals surface area contributed by atoms with E-state index in [2.05, 4.69) is 41.2 Å². The fourth-order valence-corrected chi connectivity index (χ4v) is 5.90. The number of carbonyl (C=O) groups is 2. The number of nitrogens with zero attached hydrogens (tertiary/aromatic N) is 2. The Hall–Kier alpha value is -4.01. The highest BCUT2D eigenvalue weighted by atomic mass is 32.1. The van der Waals surface area contributed by atoms with E-state index in [9.17, 15) is 9.59 Å². The topological polar surface area (TPSA) is 71.5 Å². The summed E-state index contributed by atoms with van der Waals surface area (Å²) in [6, 6.07) is 29.5. The largest absolute Gasteiger partial charge is 0.451 e. The molecule has 5 aromatic rings. The first-order valence-corrected chi connectivity index (χ1v) is 13.5. The molecule has 6 nitrogen and oxygen atoms in total. The molecule has 0 radical (unpaired) electrons. The fourth-order valence-electron chi connectivity index (χ4n) is 3.98. The van der Waals surface area contributed by atoms with Crippen molar-refractivity contribution in [3.05, 3.63) is 95.9 Å². The maximum Gasteiger partial charge on any atom is 0.348 e. The van der Waals surface area contributed by atoms with Gasteiger partial charge in [0.2, 0.25) is 0 Å². The molecule has 0 unspecified atom stereocenters. The van der Waals surface area contributed by atoms with Gasteiger partial charge >= 0.3 is 5.97 Å². The Bertz CT molecular complexity index is 1490. The third-order valence-electron chi connectivity index (χ3n) is 5.63. The van der Waals surface area contributed by atoms with Gasteiger partial charge in [-0.05, 0) is 74.5 Å². The molecule has 0 aliphatic heterocycles. The zero-order valence-electron chi connectivity index (χ0n) is 20.4. The number of thiophene rings is 1. The lowest BCUT2D eigenvalue weighted by molar-refractivity contribution is -0.119. The molecular weight excluding hydrogens is 502 g/mol. The molecule has 2 aromatic heterocycles. The van der Waals surface area contributed by atoms with Crippen LogP contribution < -0.4 is 10.2 Å². The molecule has 3 aromatic carbocycles. The van der Waals surface area contributed by atoms with Crippen LogP contribution in [0, 0.1) is 0 Å². The molecule has 0 aliphatic rings. The second-order valence-corrected chi connectivity index (χ2v) is 10.7. The third kappa shape index (κ3) is 5.71. The lowest BCUT2D eigenvalue weighted by Crippen LogP contribution is -2.25. The van der Waals surface area contributed by atoms with Crippen molar-refractivity contribution in [3.8, 4) is 9.88 Å². The van der Waals surface area contributed by atoms with E-state index >= 15 is 0 Å².